The van der Waals surface area contributed by atoms with Crippen molar-refractivity contribution < 1.29 is 4.79 Å². The zero-order chi connectivity index (χ0) is 14.8. The maximum absolute atomic E-state index is 12.8. The van der Waals surface area contributed by atoms with Crippen molar-refractivity contribution in [1.82, 2.24) is 0 Å². The molecule has 0 bridgehead atoms. The van der Waals surface area contributed by atoms with Crippen LogP contribution in [0.25, 0.3) is 10.8 Å². The standard InChI is InChI=1S/C19H15ClO/c1-13(14-7-3-2-4-8-14)19(21)17-11-12-18(20)16-10-6-5-9-15(16)17/h2-13H,1H3. The van der Waals surface area contributed by atoms with E-state index in [9.17, 15) is 4.79 Å². The molecule has 21 heavy (non-hydrogen) atoms. The number of fused-ring (bicyclic) bond motifs is 1. The quantitative estimate of drug-likeness (QED) is 0.585. The summed E-state index contributed by atoms with van der Waals surface area (Å²) in [7, 11) is 0. The Morgan fingerprint density at radius 3 is 2.19 bits per heavy atom. The molecule has 0 heterocycles. The fourth-order valence-electron chi connectivity index (χ4n) is 2.60. The van der Waals surface area contributed by atoms with E-state index in [1.807, 2.05) is 67.6 Å². The summed E-state index contributed by atoms with van der Waals surface area (Å²) in [6.07, 6.45) is 0. The number of Topliss-reactive ketones (excluding diaryl/α,β-unsaturated/α-hetero) is 1. The Kier molecular flexibility index (Phi) is 3.76. The van der Waals surface area contributed by atoms with Crippen LogP contribution in [0.1, 0.15) is 28.8 Å². The van der Waals surface area contributed by atoms with E-state index >= 15 is 0 Å². The predicted molar refractivity (Wildman–Crippen MR) is 88.1 cm³/mol. The Balaban J connectivity index is 2.09. The number of rotatable bonds is 3. The Hall–Kier alpha value is -2.12. The van der Waals surface area contributed by atoms with Crippen LogP contribution < -0.4 is 0 Å². The van der Waals surface area contributed by atoms with E-state index in [0.29, 0.717) is 5.02 Å². The maximum atomic E-state index is 12.8. The minimum absolute atomic E-state index is 0.120. The van der Waals surface area contributed by atoms with Crippen molar-refractivity contribution in [3.8, 4) is 0 Å². The number of carbonyl (C=O) groups is 1. The largest absolute Gasteiger partial charge is 0.293 e. The van der Waals surface area contributed by atoms with Gasteiger partial charge in [-0.15, -0.1) is 0 Å². The molecule has 0 saturated carbocycles. The zero-order valence-electron chi connectivity index (χ0n) is 11.7. The molecule has 3 aromatic rings. The smallest absolute Gasteiger partial charge is 0.170 e. The molecular formula is C19H15ClO. The third kappa shape index (κ3) is 2.57. The van der Waals surface area contributed by atoms with Gasteiger partial charge in [0.1, 0.15) is 0 Å². The normalized spacial score (nSPS) is 12.3. The van der Waals surface area contributed by atoms with Crippen LogP contribution in [-0.4, -0.2) is 5.78 Å². The summed E-state index contributed by atoms with van der Waals surface area (Å²) in [5.74, 6) is -0.0511. The molecule has 104 valence electrons. The molecule has 0 spiro atoms. The topological polar surface area (TPSA) is 17.1 Å². The molecule has 0 saturated heterocycles. The highest BCUT2D eigenvalue weighted by molar-refractivity contribution is 6.36. The average molecular weight is 295 g/mol. The van der Waals surface area contributed by atoms with Gasteiger partial charge in [-0.1, -0.05) is 73.1 Å². The third-order valence-corrected chi connectivity index (χ3v) is 4.16. The highest BCUT2D eigenvalue weighted by Gasteiger charge is 2.19. The van der Waals surface area contributed by atoms with E-state index in [2.05, 4.69) is 0 Å². The summed E-state index contributed by atoms with van der Waals surface area (Å²) in [4.78, 5) is 12.8. The first-order valence-electron chi connectivity index (χ1n) is 6.95. The Bertz CT molecular complexity index is 793. The van der Waals surface area contributed by atoms with Crippen molar-refractivity contribution >= 4 is 28.2 Å². The van der Waals surface area contributed by atoms with Gasteiger partial charge in [0, 0.05) is 21.9 Å². The lowest BCUT2D eigenvalue weighted by molar-refractivity contribution is 0.0968. The summed E-state index contributed by atoms with van der Waals surface area (Å²) < 4.78 is 0. The Labute approximate surface area is 129 Å². The molecule has 2 heteroatoms. The van der Waals surface area contributed by atoms with Crippen LogP contribution in [0, 0.1) is 0 Å². The molecule has 0 aliphatic heterocycles. The summed E-state index contributed by atoms with van der Waals surface area (Å²) in [5.41, 5.74) is 1.76. The molecular weight excluding hydrogens is 280 g/mol. The SMILES string of the molecule is CC(C(=O)c1ccc(Cl)c2ccccc12)c1ccccc1. The summed E-state index contributed by atoms with van der Waals surface area (Å²) in [6.45, 7) is 1.95. The molecule has 1 atom stereocenters. The fraction of sp³-hybridized carbons (Fsp3) is 0.105. The average Bonchev–Trinajstić information content (AvgIpc) is 2.55. The molecule has 0 aliphatic carbocycles. The van der Waals surface area contributed by atoms with Gasteiger partial charge >= 0.3 is 0 Å². The number of carbonyl (C=O) groups excluding carboxylic acids is 1. The molecule has 0 amide bonds. The van der Waals surface area contributed by atoms with Crippen LogP contribution in [0.3, 0.4) is 0 Å². The van der Waals surface area contributed by atoms with Crippen molar-refractivity contribution in [3.05, 3.63) is 82.9 Å². The summed E-state index contributed by atoms with van der Waals surface area (Å²) in [5, 5.41) is 2.51. The van der Waals surface area contributed by atoms with Gasteiger partial charge in [0.15, 0.2) is 5.78 Å². The first-order valence-corrected chi connectivity index (χ1v) is 7.32. The molecule has 0 N–H and O–H groups in total. The fourth-order valence-corrected chi connectivity index (χ4v) is 2.83. The van der Waals surface area contributed by atoms with E-state index in [1.165, 1.54) is 0 Å². The van der Waals surface area contributed by atoms with Gasteiger partial charge in [0.25, 0.3) is 0 Å². The van der Waals surface area contributed by atoms with Gasteiger partial charge in [-0.05, 0) is 23.1 Å². The van der Waals surface area contributed by atoms with Crippen LogP contribution >= 0.6 is 11.6 Å². The molecule has 0 aliphatic rings. The molecule has 0 radical (unpaired) electrons. The molecule has 0 aromatic heterocycles. The lowest BCUT2D eigenvalue weighted by atomic mass is 9.90. The monoisotopic (exact) mass is 294 g/mol. The Morgan fingerprint density at radius 1 is 0.857 bits per heavy atom. The molecule has 0 fully saturated rings. The van der Waals surface area contributed by atoms with Crippen LogP contribution in [0.2, 0.25) is 5.02 Å². The molecule has 3 aromatic carbocycles. The van der Waals surface area contributed by atoms with E-state index in [-0.39, 0.29) is 11.7 Å². The van der Waals surface area contributed by atoms with Crippen molar-refractivity contribution in [2.24, 2.45) is 0 Å². The summed E-state index contributed by atoms with van der Waals surface area (Å²) >= 11 is 6.22. The van der Waals surface area contributed by atoms with Gasteiger partial charge in [-0.3, -0.25) is 4.79 Å². The lowest BCUT2D eigenvalue weighted by Gasteiger charge is -2.13. The second-order valence-electron chi connectivity index (χ2n) is 5.14. The maximum Gasteiger partial charge on any atom is 0.170 e. The van der Waals surface area contributed by atoms with E-state index in [0.717, 1.165) is 21.9 Å². The summed E-state index contributed by atoms with van der Waals surface area (Å²) in [6, 6.07) is 21.2. The second-order valence-corrected chi connectivity index (χ2v) is 5.54. The van der Waals surface area contributed by atoms with Gasteiger partial charge in [-0.2, -0.15) is 0 Å². The van der Waals surface area contributed by atoms with Gasteiger partial charge in [-0.25, -0.2) is 0 Å². The minimum atomic E-state index is -0.171. The highest BCUT2D eigenvalue weighted by Crippen LogP contribution is 2.30. The van der Waals surface area contributed by atoms with E-state index in [4.69, 9.17) is 11.6 Å². The van der Waals surface area contributed by atoms with Crippen LogP contribution in [-0.2, 0) is 0 Å². The number of ketones is 1. The van der Waals surface area contributed by atoms with Crippen LogP contribution in [0.15, 0.2) is 66.7 Å². The van der Waals surface area contributed by atoms with Crippen molar-refractivity contribution in [3.63, 3.8) is 0 Å². The number of benzene rings is 3. The molecule has 1 nitrogen and oxygen atoms in total. The first-order chi connectivity index (χ1) is 10.2. The molecule has 1 unspecified atom stereocenters. The zero-order valence-corrected chi connectivity index (χ0v) is 12.5. The van der Waals surface area contributed by atoms with Crippen molar-refractivity contribution in [1.29, 1.82) is 0 Å². The van der Waals surface area contributed by atoms with Crippen molar-refractivity contribution in [2.75, 3.05) is 0 Å². The minimum Gasteiger partial charge on any atom is -0.293 e. The number of halogens is 1. The first kappa shape index (κ1) is 13.8. The highest BCUT2D eigenvalue weighted by atomic mass is 35.5. The van der Waals surface area contributed by atoms with Crippen LogP contribution in [0.4, 0.5) is 0 Å². The molecule has 3 rings (SSSR count). The van der Waals surface area contributed by atoms with Crippen LogP contribution in [0.5, 0.6) is 0 Å². The number of hydrogen-bond acceptors (Lipinski definition) is 1. The van der Waals surface area contributed by atoms with Gasteiger partial charge < -0.3 is 0 Å². The third-order valence-electron chi connectivity index (χ3n) is 3.83. The van der Waals surface area contributed by atoms with Crippen molar-refractivity contribution in [2.45, 2.75) is 12.8 Å². The van der Waals surface area contributed by atoms with E-state index in [1.54, 1.807) is 6.07 Å². The lowest BCUT2D eigenvalue weighted by Crippen LogP contribution is -2.10. The number of hydrogen-bond donors (Lipinski definition) is 0. The predicted octanol–water partition coefficient (Wildman–Crippen LogP) is 5.48. The van der Waals surface area contributed by atoms with Gasteiger partial charge in [0.2, 0.25) is 0 Å². The van der Waals surface area contributed by atoms with Gasteiger partial charge in [0.05, 0.1) is 0 Å². The second kappa shape index (κ2) is 5.71. The van der Waals surface area contributed by atoms with E-state index < -0.39 is 0 Å². The Morgan fingerprint density at radius 2 is 1.48 bits per heavy atom.